The number of carbonyl (C=O) groups is 1. The number of hydrogen-bond donors (Lipinski definition) is 2. The fourth-order valence-electron chi connectivity index (χ4n) is 2.51. The summed E-state index contributed by atoms with van der Waals surface area (Å²) >= 11 is 0. The molecule has 1 aromatic rings. The Morgan fingerprint density at radius 1 is 1.58 bits per heavy atom. The Bertz CT molecular complexity index is 508. The van der Waals surface area contributed by atoms with Crippen molar-refractivity contribution in [2.75, 3.05) is 6.54 Å². The fourth-order valence-corrected chi connectivity index (χ4v) is 2.51. The number of amides is 1. The first-order valence-electron chi connectivity index (χ1n) is 6.33. The van der Waals surface area contributed by atoms with Crippen molar-refractivity contribution in [1.82, 2.24) is 14.7 Å². The fraction of sp³-hybridized carbons (Fsp3) is 0.583. The minimum Gasteiger partial charge on any atom is -0.409 e. The van der Waals surface area contributed by atoms with Crippen molar-refractivity contribution in [2.24, 2.45) is 17.9 Å². The van der Waals surface area contributed by atoms with Gasteiger partial charge in [-0.3, -0.25) is 9.48 Å². The molecule has 0 spiro atoms. The van der Waals surface area contributed by atoms with Gasteiger partial charge >= 0.3 is 0 Å². The smallest absolute Gasteiger partial charge is 0.257 e. The number of likely N-dealkylation sites (tertiary alicyclic amines) is 1. The summed E-state index contributed by atoms with van der Waals surface area (Å²) in [6.45, 7) is 2.42. The molecular weight excluding hydrogens is 246 g/mol. The average Bonchev–Trinajstić information content (AvgIpc) is 2.76. The molecular formula is C12H19N5O2. The summed E-state index contributed by atoms with van der Waals surface area (Å²) in [7, 11) is 1.78. The summed E-state index contributed by atoms with van der Waals surface area (Å²) in [5.74, 6) is -0.0171. The van der Waals surface area contributed by atoms with Crippen LogP contribution in [-0.4, -0.2) is 44.2 Å². The van der Waals surface area contributed by atoms with Crippen LogP contribution in [0.1, 0.15) is 35.3 Å². The molecule has 0 bridgehead atoms. The van der Waals surface area contributed by atoms with Crippen molar-refractivity contribution in [3.8, 4) is 0 Å². The molecule has 1 fully saturated rings. The van der Waals surface area contributed by atoms with E-state index in [9.17, 15) is 4.79 Å². The summed E-state index contributed by atoms with van der Waals surface area (Å²) in [6.07, 6.45) is 4.33. The van der Waals surface area contributed by atoms with E-state index in [1.807, 2.05) is 0 Å². The van der Waals surface area contributed by atoms with E-state index in [0.717, 1.165) is 19.3 Å². The van der Waals surface area contributed by atoms with Gasteiger partial charge in [-0.05, 0) is 26.2 Å². The number of aryl methyl sites for hydroxylation is 2. The number of amidine groups is 1. The Morgan fingerprint density at radius 3 is 2.89 bits per heavy atom. The van der Waals surface area contributed by atoms with Gasteiger partial charge in [-0.15, -0.1) is 0 Å². The highest BCUT2D eigenvalue weighted by molar-refractivity contribution is 5.99. The molecule has 0 aromatic carbocycles. The van der Waals surface area contributed by atoms with Gasteiger partial charge in [0.05, 0.1) is 17.3 Å². The second-order valence-electron chi connectivity index (χ2n) is 4.84. The van der Waals surface area contributed by atoms with Crippen molar-refractivity contribution >= 4 is 11.7 Å². The zero-order chi connectivity index (χ0) is 14.0. The number of aromatic nitrogens is 2. The summed E-state index contributed by atoms with van der Waals surface area (Å²) in [6, 6.07) is -0.328. The first-order valence-corrected chi connectivity index (χ1v) is 6.33. The lowest BCUT2D eigenvalue weighted by Gasteiger charge is -2.34. The molecule has 1 amide bonds. The monoisotopic (exact) mass is 265 g/mol. The highest BCUT2D eigenvalue weighted by atomic mass is 16.4. The van der Waals surface area contributed by atoms with Crippen LogP contribution in [-0.2, 0) is 7.05 Å². The van der Waals surface area contributed by atoms with Gasteiger partial charge in [0.2, 0.25) is 0 Å². The van der Waals surface area contributed by atoms with E-state index in [-0.39, 0.29) is 17.8 Å². The van der Waals surface area contributed by atoms with Crippen LogP contribution in [0, 0.1) is 6.92 Å². The molecule has 1 unspecified atom stereocenters. The standard InChI is InChI=1S/C12H19N5O2/c1-8-9(7-16(2)14-8)12(18)17-6-4-3-5-10(17)11(13)15-19/h7,10,19H,3-6H2,1-2H3,(H2,13,15). The molecule has 1 aliphatic rings. The number of piperidine rings is 1. The first-order chi connectivity index (χ1) is 9.04. The molecule has 2 heterocycles. The van der Waals surface area contributed by atoms with Crippen LogP contribution in [0.5, 0.6) is 0 Å². The molecule has 1 saturated heterocycles. The van der Waals surface area contributed by atoms with Gasteiger partial charge in [0.1, 0.15) is 0 Å². The van der Waals surface area contributed by atoms with Gasteiger partial charge < -0.3 is 15.8 Å². The molecule has 1 atom stereocenters. The zero-order valence-electron chi connectivity index (χ0n) is 11.2. The first kappa shape index (κ1) is 13.4. The lowest BCUT2D eigenvalue weighted by molar-refractivity contribution is 0.0676. The highest BCUT2D eigenvalue weighted by Crippen LogP contribution is 2.20. The Kier molecular flexibility index (Phi) is 3.73. The van der Waals surface area contributed by atoms with Crippen LogP contribution in [0.4, 0.5) is 0 Å². The predicted octanol–water partition coefficient (Wildman–Crippen LogP) is 0.470. The molecule has 7 heteroatoms. The maximum atomic E-state index is 12.5. The van der Waals surface area contributed by atoms with E-state index in [2.05, 4.69) is 10.3 Å². The predicted molar refractivity (Wildman–Crippen MR) is 70.0 cm³/mol. The zero-order valence-corrected chi connectivity index (χ0v) is 11.2. The summed E-state index contributed by atoms with van der Waals surface area (Å²) < 4.78 is 1.62. The van der Waals surface area contributed by atoms with Crippen LogP contribution in [0.25, 0.3) is 0 Å². The minimum atomic E-state index is -0.328. The second-order valence-corrected chi connectivity index (χ2v) is 4.84. The number of oxime groups is 1. The Balaban J connectivity index is 2.27. The number of nitrogens with two attached hydrogens (primary N) is 1. The normalized spacial score (nSPS) is 20.6. The SMILES string of the molecule is Cc1nn(C)cc1C(=O)N1CCCCC1/C(N)=N/O. The topological polar surface area (TPSA) is 96.7 Å². The molecule has 7 nitrogen and oxygen atoms in total. The number of carbonyl (C=O) groups excluding carboxylic acids is 1. The van der Waals surface area contributed by atoms with E-state index in [4.69, 9.17) is 10.9 Å². The number of rotatable bonds is 2. The maximum Gasteiger partial charge on any atom is 0.257 e. The van der Waals surface area contributed by atoms with Crippen molar-refractivity contribution in [3.05, 3.63) is 17.5 Å². The van der Waals surface area contributed by atoms with Gasteiger partial charge in [-0.1, -0.05) is 5.16 Å². The van der Waals surface area contributed by atoms with Crippen molar-refractivity contribution < 1.29 is 10.0 Å². The summed E-state index contributed by atoms with van der Waals surface area (Å²) in [5.41, 5.74) is 6.94. The van der Waals surface area contributed by atoms with Crippen LogP contribution < -0.4 is 5.73 Å². The third-order valence-corrected chi connectivity index (χ3v) is 3.46. The Labute approximate surface area is 111 Å². The van der Waals surface area contributed by atoms with E-state index in [1.54, 1.807) is 29.7 Å². The minimum absolute atomic E-state index is 0.0922. The summed E-state index contributed by atoms with van der Waals surface area (Å²) in [4.78, 5) is 14.2. The quantitative estimate of drug-likeness (QED) is 0.351. The molecule has 0 radical (unpaired) electrons. The molecule has 1 aliphatic heterocycles. The van der Waals surface area contributed by atoms with E-state index >= 15 is 0 Å². The highest BCUT2D eigenvalue weighted by Gasteiger charge is 2.31. The van der Waals surface area contributed by atoms with Crippen LogP contribution in [0.3, 0.4) is 0 Å². The molecule has 104 valence electrons. The van der Waals surface area contributed by atoms with Crippen LogP contribution in [0.2, 0.25) is 0 Å². The lowest BCUT2D eigenvalue weighted by atomic mass is 10.00. The van der Waals surface area contributed by atoms with E-state index < -0.39 is 0 Å². The van der Waals surface area contributed by atoms with Crippen molar-refractivity contribution in [1.29, 1.82) is 0 Å². The molecule has 0 aliphatic carbocycles. The van der Waals surface area contributed by atoms with Crippen LogP contribution in [0.15, 0.2) is 11.4 Å². The van der Waals surface area contributed by atoms with Crippen molar-refractivity contribution in [3.63, 3.8) is 0 Å². The molecule has 3 N–H and O–H groups in total. The molecule has 19 heavy (non-hydrogen) atoms. The molecule has 2 rings (SSSR count). The Hall–Kier alpha value is -2.05. The van der Waals surface area contributed by atoms with Gasteiger partial charge in [0.15, 0.2) is 5.84 Å². The maximum absolute atomic E-state index is 12.5. The third kappa shape index (κ3) is 2.54. The Morgan fingerprint density at radius 2 is 2.32 bits per heavy atom. The van der Waals surface area contributed by atoms with Crippen LogP contribution >= 0.6 is 0 Å². The molecule has 0 saturated carbocycles. The number of nitrogens with zero attached hydrogens (tertiary/aromatic N) is 4. The van der Waals surface area contributed by atoms with E-state index in [1.165, 1.54) is 0 Å². The third-order valence-electron chi connectivity index (χ3n) is 3.46. The average molecular weight is 265 g/mol. The van der Waals surface area contributed by atoms with E-state index in [0.29, 0.717) is 17.8 Å². The largest absolute Gasteiger partial charge is 0.409 e. The van der Waals surface area contributed by atoms with Gasteiger partial charge in [0, 0.05) is 19.8 Å². The van der Waals surface area contributed by atoms with Crippen molar-refractivity contribution in [2.45, 2.75) is 32.2 Å². The molecule has 1 aromatic heterocycles. The van der Waals surface area contributed by atoms with Gasteiger partial charge in [-0.2, -0.15) is 5.10 Å². The lowest BCUT2D eigenvalue weighted by Crippen LogP contribution is -2.50. The summed E-state index contributed by atoms with van der Waals surface area (Å²) in [5, 5.41) is 16.0. The second kappa shape index (κ2) is 5.29. The van der Waals surface area contributed by atoms with Gasteiger partial charge in [-0.25, -0.2) is 0 Å². The number of hydrogen-bond acceptors (Lipinski definition) is 4. The van der Waals surface area contributed by atoms with Gasteiger partial charge in [0.25, 0.3) is 5.91 Å².